The fourth-order valence-corrected chi connectivity index (χ4v) is 3.54. The number of pyridine rings is 1. The van der Waals surface area contributed by atoms with E-state index in [2.05, 4.69) is 28.5 Å². The first-order chi connectivity index (χ1) is 12.3. The molecule has 0 aliphatic carbocycles. The molecule has 25 heavy (non-hydrogen) atoms. The zero-order valence-corrected chi connectivity index (χ0v) is 14.3. The predicted molar refractivity (Wildman–Crippen MR) is 96.6 cm³/mol. The molecular weight excluding hydrogens is 314 g/mol. The van der Waals surface area contributed by atoms with E-state index in [-0.39, 0.29) is 12.0 Å². The predicted octanol–water partition coefficient (Wildman–Crippen LogP) is 2.87. The molecule has 0 bridgehead atoms. The van der Waals surface area contributed by atoms with Gasteiger partial charge in [-0.15, -0.1) is 0 Å². The summed E-state index contributed by atoms with van der Waals surface area (Å²) >= 11 is 0. The molecule has 0 radical (unpaired) electrons. The second-order valence-electron chi connectivity index (χ2n) is 6.72. The lowest BCUT2D eigenvalue weighted by atomic mass is 9.99. The highest BCUT2D eigenvalue weighted by Crippen LogP contribution is 2.21. The van der Waals surface area contributed by atoms with Gasteiger partial charge in [0, 0.05) is 38.6 Å². The Kier molecular flexibility index (Phi) is 4.65. The number of nitrogens with one attached hydrogen (secondary N) is 1. The van der Waals surface area contributed by atoms with Crippen LogP contribution in [0.1, 0.15) is 34.3 Å². The van der Waals surface area contributed by atoms with Crippen molar-refractivity contribution in [1.82, 2.24) is 9.88 Å². The summed E-state index contributed by atoms with van der Waals surface area (Å²) in [5.41, 5.74) is 4.09. The Hall–Kier alpha value is -2.40. The van der Waals surface area contributed by atoms with Crippen LogP contribution in [0.2, 0.25) is 0 Å². The van der Waals surface area contributed by atoms with Gasteiger partial charge in [0.05, 0.1) is 17.4 Å². The third-order valence-electron chi connectivity index (χ3n) is 4.96. The highest BCUT2D eigenvalue weighted by atomic mass is 16.5. The fraction of sp³-hybridized carbons (Fsp3) is 0.400. The lowest BCUT2D eigenvalue weighted by Gasteiger charge is -2.29. The molecule has 2 aliphatic rings. The molecule has 2 aliphatic heterocycles. The number of hydrogen-bond donors (Lipinski definition) is 1. The molecule has 1 aromatic carbocycles. The average molecular weight is 337 g/mol. The van der Waals surface area contributed by atoms with Gasteiger partial charge in [0.1, 0.15) is 0 Å². The number of anilines is 1. The molecule has 0 spiro atoms. The van der Waals surface area contributed by atoms with E-state index >= 15 is 0 Å². The maximum atomic E-state index is 12.9. The minimum atomic E-state index is 0.0442. The molecule has 2 aromatic rings. The molecule has 0 saturated carbocycles. The molecule has 5 heteroatoms. The van der Waals surface area contributed by atoms with Crippen molar-refractivity contribution in [2.24, 2.45) is 0 Å². The van der Waals surface area contributed by atoms with E-state index in [1.807, 2.05) is 17.0 Å². The Morgan fingerprint density at radius 1 is 1.28 bits per heavy atom. The van der Waals surface area contributed by atoms with Gasteiger partial charge in [0.25, 0.3) is 5.91 Å². The van der Waals surface area contributed by atoms with Crippen LogP contribution >= 0.6 is 0 Å². The van der Waals surface area contributed by atoms with Gasteiger partial charge in [0.15, 0.2) is 0 Å². The van der Waals surface area contributed by atoms with Crippen molar-refractivity contribution in [2.45, 2.75) is 31.9 Å². The van der Waals surface area contributed by atoms with E-state index in [1.54, 1.807) is 12.4 Å². The number of carbonyl (C=O) groups excluding carboxylic acids is 1. The normalized spacial score (nSPS) is 19.5. The second-order valence-corrected chi connectivity index (χ2v) is 6.72. The molecule has 1 atom stereocenters. The maximum absolute atomic E-state index is 12.9. The Balaban J connectivity index is 1.42. The molecule has 130 valence electrons. The van der Waals surface area contributed by atoms with Gasteiger partial charge in [-0.2, -0.15) is 0 Å². The summed E-state index contributed by atoms with van der Waals surface area (Å²) in [6.07, 6.45) is 6.80. The summed E-state index contributed by atoms with van der Waals surface area (Å²) in [6, 6.07) is 10.2. The summed E-state index contributed by atoms with van der Waals surface area (Å²) < 4.78 is 5.62. The third kappa shape index (κ3) is 3.66. The second kappa shape index (κ2) is 7.23. The average Bonchev–Trinajstić information content (AvgIpc) is 3.19. The van der Waals surface area contributed by atoms with Gasteiger partial charge in [-0.25, -0.2) is 0 Å². The number of rotatable bonds is 4. The van der Waals surface area contributed by atoms with Crippen LogP contribution in [-0.2, 0) is 17.7 Å². The summed E-state index contributed by atoms with van der Waals surface area (Å²) in [5.74, 6) is 0.0442. The van der Waals surface area contributed by atoms with Gasteiger partial charge in [-0.1, -0.05) is 24.3 Å². The lowest BCUT2D eigenvalue weighted by molar-refractivity contribution is 0.0734. The molecule has 1 unspecified atom stereocenters. The molecule has 4 rings (SSSR count). The van der Waals surface area contributed by atoms with Crippen LogP contribution in [-0.4, -0.2) is 41.6 Å². The Labute approximate surface area is 148 Å². The highest BCUT2D eigenvalue weighted by molar-refractivity contribution is 5.94. The molecule has 1 amide bonds. The topological polar surface area (TPSA) is 54.5 Å². The first-order valence-electron chi connectivity index (χ1n) is 8.96. The Morgan fingerprint density at radius 3 is 3.00 bits per heavy atom. The van der Waals surface area contributed by atoms with E-state index in [1.165, 1.54) is 11.1 Å². The SMILES string of the molecule is O=C(c1cncc(NCC2CCCO2)c1)N1CCc2ccccc2C1. The Morgan fingerprint density at radius 2 is 2.16 bits per heavy atom. The van der Waals surface area contributed by atoms with Crippen LogP contribution in [0.15, 0.2) is 42.7 Å². The van der Waals surface area contributed by atoms with Crippen LogP contribution in [0, 0.1) is 0 Å². The smallest absolute Gasteiger partial charge is 0.255 e. The molecule has 1 aromatic heterocycles. The lowest BCUT2D eigenvalue weighted by Crippen LogP contribution is -2.36. The number of hydrogen-bond acceptors (Lipinski definition) is 4. The third-order valence-corrected chi connectivity index (χ3v) is 4.96. The summed E-state index contributed by atoms with van der Waals surface area (Å²) in [5, 5.41) is 3.34. The number of benzene rings is 1. The van der Waals surface area contributed by atoms with Gasteiger partial charge >= 0.3 is 0 Å². The zero-order chi connectivity index (χ0) is 17.1. The van der Waals surface area contributed by atoms with Crippen molar-refractivity contribution in [1.29, 1.82) is 0 Å². The van der Waals surface area contributed by atoms with Crippen molar-refractivity contribution >= 4 is 11.6 Å². The van der Waals surface area contributed by atoms with Gasteiger partial charge < -0.3 is 15.0 Å². The van der Waals surface area contributed by atoms with Crippen molar-refractivity contribution < 1.29 is 9.53 Å². The number of amides is 1. The van der Waals surface area contributed by atoms with Crippen molar-refractivity contribution in [2.75, 3.05) is 25.0 Å². The first kappa shape index (κ1) is 16.1. The number of carbonyl (C=O) groups is 1. The van der Waals surface area contributed by atoms with Crippen molar-refractivity contribution in [3.05, 3.63) is 59.4 Å². The molecular formula is C20H23N3O2. The molecule has 1 N–H and O–H groups in total. The summed E-state index contributed by atoms with van der Waals surface area (Å²) in [4.78, 5) is 19.0. The van der Waals surface area contributed by atoms with Gasteiger partial charge in [-0.3, -0.25) is 9.78 Å². The fourth-order valence-electron chi connectivity index (χ4n) is 3.54. The standard InChI is InChI=1S/C20H23N3O2/c24-20(23-8-7-15-4-1-2-5-16(15)14-23)17-10-18(12-21-11-17)22-13-19-6-3-9-25-19/h1-2,4-5,10-12,19,22H,3,6-9,13-14H2. The molecule has 3 heterocycles. The number of nitrogens with zero attached hydrogens (tertiary/aromatic N) is 2. The molecule has 1 saturated heterocycles. The summed E-state index contributed by atoms with van der Waals surface area (Å²) in [7, 11) is 0. The van der Waals surface area contributed by atoms with Crippen LogP contribution in [0.25, 0.3) is 0 Å². The van der Waals surface area contributed by atoms with Gasteiger partial charge in [-0.05, 0) is 36.5 Å². The zero-order valence-electron chi connectivity index (χ0n) is 14.3. The van der Waals surface area contributed by atoms with E-state index in [0.717, 1.165) is 44.6 Å². The first-order valence-corrected chi connectivity index (χ1v) is 8.96. The maximum Gasteiger partial charge on any atom is 0.255 e. The highest BCUT2D eigenvalue weighted by Gasteiger charge is 2.22. The van der Waals surface area contributed by atoms with E-state index < -0.39 is 0 Å². The monoisotopic (exact) mass is 337 g/mol. The minimum Gasteiger partial charge on any atom is -0.381 e. The van der Waals surface area contributed by atoms with Crippen molar-refractivity contribution in [3.63, 3.8) is 0 Å². The van der Waals surface area contributed by atoms with Crippen molar-refractivity contribution in [3.8, 4) is 0 Å². The number of aromatic nitrogens is 1. The van der Waals surface area contributed by atoms with E-state index in [0.29, 0.717) is 12.1 Å². The largest absolute Gasteiger partial charge is 0.381 e. The van der Waals surface area contributed by atoms with E-state index in [9.17, 15) is 4.79 Å². The Bertz CT molecular complexity index is 756. The number of ether oxygens (including phenoxy) is 1. The summed E-state index contributed by atoms with van der Waals surface area (Å²) in [6.45, 7) is 3.03. The van der Waals surface area contributed by atoms with Crippen LogP contribution in [0.5, 0.6) is 0 Å². The van der Waals surface area contributed by atoms with Gasteiger partial charge in [0.2, 0.25) is 0 Å². The molecule has 5 nitrogen and oxygen atoms in total. The van der Waals surface area contributed by atoms with Crippen LogP contribution in [0.4, 0.5) is 5.69 Å². The number of fused-ring (bicyclic) bond motifs is 1. The van der Waals surface area contributed by atoms with E-state index in [4.69, 9.17) is 4.74 Å². The van der Waals surface area contributed by atoms with Crippen LogP contribution < -0.4 is 5.32 Å². The van der Waals surface area contributed by atoms with Crippen LogP contribution in [0.3, 0.4) is 0 Å². The minimum absolute atomic E-state index is 0.0442. The quantitative estimate of drug-likeness (QED) is 0.932. The molecule has 1 fully saturated rings.